The number of nitrogens with one attached hydrogen (secondary N) is 2. The zero-order chi connectivity index (χ0) is 16.2. The van der Waals surface area contributed by atoms with Crippen molar-refractivity contribution in [3.63, 3.8) is 0 Å². The molecule has 0 saturated heterocycles. The molecule has 0 fully saturated rings. The molecule has 5 nitrogen and oxygen atoms in total. The largest absolute Gasteiger partial charge is 0.454 e. The van der Waals surface area contributed by atoms with Gasteiger partial charge in [-0.1, -0.05) is 12.1 Å². The zero-order valence-electron chi connectivity index (χ0n) is 13.3. The van der Waals surface area contributed by atoms with Crippen LogP contribution in [0.5, 0.6) is 11.5 Å². The number of rotatable bonds is 5. The third-order valence-corrected chi connectivity index (χ3v) is 3.74. The van der Waals surface area contributed by atoms with Crippen LogP contribution in [-0.4, -0.2) is 19.2 Å². The van der Waals surface area contributed by atoms with Crippen molar-refractivity contribution in [1.82, 2.24) is 5.32 Å². The van der Waals surface area contributed by atoms with Crippen LogP contribution in [-0.2, 0) is 0 Å². The van der Waals surface area contributed by atoms with Crippen molar-refractivity contribution >= 4 is 11.6 Å². The van der Waals surface area contributed by atoms with E-state index in [1.165, 1.54) is 0 Å². The highest BCUT2D eigenvalue weighted by Gasteiger charge is 2.16. The van der Waals surface area contributed by atoms with Gasteiger partial charge in [0, 0.05) is 23.8 Å². The van der Waals surface area contributed by atoms with Gasteiger partial charge in [0.2, 0.25) is 6.79 Å². The predicted molar refractivity (Wildman–Crippen MR) is 89.1 cm³/mol. The van der Waals surface area contributed by atoms with Crippen molar-refractivity contribution in [3.05, 3.63) is 53.6 Å². The first-order valence-electron chi connectivity index (χ1n) is 7.71. The second kappa shape index (κ2) is 6.60. The maximum absolute atomic E-state index is 11.9. The van der Waals surface area contributed by atoms with Crippen molar-refractivity contribution in [2.24, 2.45) is 0 Å². The Morgan fingerprint density at radius 3 is 2.83 bits per heavy atom. The highest BCUT2D eigenvalue weighted by Crippen LogP contribution is 2.34. The van der Waals surface area contributed by atoms with Crippen molar-refractivity contribution in [1.29, 1.82) is 0 Å². The van der Waals surface area contributed by atoms with Crippen LogP contribution in [0.3, 0.4) is 0 Å². The van der Waals surface area contributed by atoms with Crippen molar-refractivity contribution in [2.45, 2.75) is 19.9 Å². The van der Waals surface area contributed by atoms with Gasteiger partial charge in [0.1, 0.15) is 0 Å². The molecular weight excluding hydrogens is 292 g/mol. The fourth-order valence-electron chi connectivity index (χ4n) is 2.53. The van der Waals surface area contributed by atoms with Gasteiger partial charge in [0.05, 0.1) is 0 Å². The molecule has 0 aromatic heterocycles. The Morgan fingerprint density at radius 1 is 1.17 bits per heavy atom. The Hall–Kier alpha value is -2.69. The van der Waals surface area contributed by atoms with Crippen molar-refractivity contribution < 1.29 is 14.3 Å². The normalized spacial score (nSPS) is 13.5. The first kappa shape index (κ1) is 15.2. The summed E-state index contributed by atoms with van der Waals surface area (Å²) in [5, 5.41) is 6.22. The molecule has 23 heavy (non-hydrogen) atoms. The summed E-state index contributed by atoms with van der Waals surface area (Å²) in [6.45, 7) is 4.86. The minimum absolute atomic E-state index is 0.0631. The lowest BCUT2D eigenvalue weighted by Gasteiger charge is -2.16. The van der Waals surface area contributed by atoms with Crippen LogP contribution in [0.2, 0.25) is 0 Å². The van der Waals surface area contributed by atoms with Crippen LogP contribution in [0.4, 0.5) is 5.69 Å². The lowest BCUT2D eigenvalue weighted by atomic mass is 10.1. The minimum Gasteiger partial charge on any atom is -0.454 e. The van der Waals surface area contributed by atoms with Gasteiger partial charge in [0.25, 0.3) is 5.91 Å². The average Bonchev–Trinajstić information content (AvgIpc) is 3.03. The monoisotopic (exact) mass is 312 g/mol. The van der Waals surface area contributed by atoms with E-state index in [2.05, 4.69) is 17.6 Å². The molecule has 1 heterocycles. The highest BCUT2D eigenvalue weighted by atomic mass is 16.7. The van der Waals surface area contributed by atoms with Crippen molar-refractivity contribution in [3.8, 4) is 11.5 Å². The lowest BCUT2D eigenvalue weighted by Crippen LogP contribution is -2.22. The summed E-state index contributed by atoms with van der Waals surface area (Å²) in [4.78, 5) is 11.9. The molecular formula is C18H20N2O3. The van der Waals surface area contributed by atoms with E-state index in [1.54, 1.807) is 6.07 Å². The standard InChI is InChI=1S/C18H20N2O3/c1-3-19-18(21)14-5-4-6-15(9-14)20-12(2)13-7-8-16-17(10-13)23-11-22-16/h4-10,12,20H,3,11H2,1-2H3,(H,19,21). The molecule has 0 bridgehead atoms. The summed E-state index contributed by atoms with van der Waals surface area (Å²) in [6, 6.07) is 13.5. The Bertz CT molecular complexity index is 715. The third-order valence-electron chi connectivity index (χ3n) is 3.74. The van der Waals surface area contributed by atoms with Crippen LogP contribution >= 0.6 is 0 Å². The fraction of sp³-hybridized carbons (Fsp3) is 0.278. The van der Waals surface area contributed by atoms with E-state index >= 15 is 0 Å². The van der Waals surface area contributed by atoms with Gasteiger partial charge in [-0.3, -0.25) is 4.79 Å². The number of benzene rings is 2. The molecule has 0 spiro atoms. The smallest absolute Gasteiger partial charge is 0.251 e. The molecule has 1 aliphatic heterocycles. The van der Waals surface area contributed by atoms with E-state index in [-0.39, 0.29) is 18.7 Å². The quantitative estimate of drug-likeness (QED) is 0.889. The number of fused-ring (bicyclic) bond motifs is 1. The van der Waals surface area contributed by atoms with Gasteiger partial charge in [-0.25, -0.2) is 0 Å². The van der Waals surface area contributed by atoms with Gasteiger partial charge >= 0.3 is 0 Å². The molecule has 5 heteroatoms. The molecule has 1 amide bonds. The SMILES string of the molecule is CCNC(=O)c1cccc(NC(C)c2ccc3c(c2)OCO3)c1. The lowest BCUT2D eigenvalue weighted by molar-refractivity contribution is 0.0956. The maximum atomic E-state index is 11.9. The number of hydrogen-bond acceptors (Lipinski definition) is 4. The molecule has 0 radical (unpaired) electrons. The van der Waals surface area contributed by atoms with Gasteiger partial charge in [0.15, 0.2) is 11.5 Å². The number of carbonyl (C=O) groups is 1. The zero-order valence-corrected chi connectivity index (χ0v) is 13.3. The first-order valence-corrected chi connectivity index (χ1v) is 7.71. The van der Waals surface area contributed by atoms with E-state index in [0.29, 0.717) is 12.1 Å². The minimum atomic E-state index is -0.0631. The summed E-state index contributed by atoms with van der Waals surface area (Å²) < 4.78 is 10.7. The second-order valence-corrected chi connectivity index (χ2v) is 5.42. The molecule has 3 rings (SSSR count). The van der Waals surface area contributed by atoms with Crippen molar-refractivity contribution in [2.75, 3.05) is 18.7 Å². The second-order valence-electron chi connectivity index (χ2n) is 5.42. The highest BCUT2D eigenvalue weighted by molar-refractivity contribution is 5.95. The molecule has 1 unspecified atom stereocenters. The summed E-state index contributed by atoms with van der Waals surface area (Å²) in [6.07, 6.45) is 0. The van der Waals surface area contributed by atoms with Gasteiger partial charge < -0.3 is 20.1 Å². The maximum Gasteiger partial charge on any atom is 0.251 e. The van der Waals surface area contributed by atoms with Crippen LogP contribution in [0.25, 0.3) is 0 Å². The van der Waals surface area contributed by atoms with Gasteiger partial charge in [-0.15, -0.1) is 0 Å². The van der Waals surface area contributed by atoms with Crippen LogP contribution < -0.4 is 20.1 Å². The summed E-state index contributed by atoms with van der Waals surface area (Å²) >= 11 is 0. The fourth-order valence-corrected chi connectivity index (χ4v) is 2.53. The third kappa shape index (κ3) is 3.39. The Balaban J connectivity index is 1.74. The number of carbonyl (C=O) groups excluding carboxylic acids is 1. The summed E-state index contributed by atoms with van der Waals surface area (Å²) in [5.41, 5.74) is 2.64. The van der Waals surface area contributed by atoms with Gasteiger partial charge in [-0.05, 0) is 49.7 Å². The molecule has 2 aromatic rings. The summed E-state index contributed by atoms with van der Waals surface area (Å²) in [5.74, 6) is 1.48. The first-order chi connectivity index (χ1) is 11.2. The summed E-state index contributed by atoms with van der Waals surface area (Å²) in [7, 11) is 0. The Labute approximate surface area is 135 Å². The van der Waals surface area contributed by atoms with Crippen LogP contribution in [0.15, 0.2) is 42.5 Å². The Morgan fingerprint density at radius 2 is 2.00 bits per heavy atom. The molecule has 0 aliphatic carbocycles. The molecule has 120 valence electrons. The van der Waals surface area contributed by atoms with E-state index in [1.807, 2.05) is 43.3 Å². The molecule has 1 aliphatic rings. The Kier molecular flexibility index (Phi) is 4.37. The van der Waals surface area contributed by atoms with E-state index in [0.717, 1.165) is 22.7 Å². The van der Waals surface area contributed by atoms with E-state index in [4.69, 9.17) is 9.47 Å². The van der Waals surface area contributed by atoms with E-state index < -0.39 is 0 Å². The van der Waals surface area contributed by atoms with E-state index in [9.17, 15) is 4.79 Å². The predicted octanol–water partition coefficient (Wildman–Crippen LogP) is 3.34. The van der Waals surface area contributed by atoms with Crippen LogP contribution in [0, 0.1) is 0 Å². The van der Waals surface area contributed by atoms with Crippen LogP contribution in [0.1, 0.15) is 35.8 Å². The van der Waals surface area contributed by atoms with Gasteiger partial charge in [-0.2, -0.15) is 0 Å². The number of anilines is 1. The molecule has 2 aromatic carbocycles. The number of ether oxygens (including phenoxy) is 2. The molecule has 0 saturated carbocycles. The number of amides is 1. The number of hydrogen-bond donors (Lipinski definition) is 2. The molecule has 1 atom stereocenters. The molecule has 2 N–H and O–H groups in total. The average molecular weight is 312 g/mol. The topological polar surface area (TPSA) is 59.6 Å².